The lowest BCUT2D eigenvalue weighted by Gasteiger charge is -2.13. The summed E-state index contributed by atoms with van der Waals surface area (Å²) in [7, 11) is -0.893. The van der Waals surface area contributed by atoms with Gasteiger partial charge in [-0.2, -0.15) is 0 Å². The van der Waals surface area contributed by atoms with Gasteiger partial charge in [-0.25, -0.2) is 8.42 Å². The second-order valence-electron chi connectivity index (χ2n) is 4.61. The molecule has 2 aromatic rings. The van der Waals surface area contributed by atoms with E-state index in [0.29, 0.717) is 5.75 Å². The zero-order valence-corrected chi connectivity index (χ0v) is 14.0. The molecule has 0 saturated carbocycles. The van der Waals surface area contributed by atoms with Crippen molar-refractivity contribution >= 4 is 27.3 Å². The fourth-order valence-corrected chi connectivity index (χ4v) is 3.51. The van der Waals surface area contributed by atoms with Gasteiger partial charge in [-0.05, 0) is 36.8 Å². The number of rotatable bonds is 5. The molecular weight excluding hydrogens is 326 g/mol. The maximum atomic E-state index is 12.6. The zero-order chi connectivity index (χ0) is 16.3. The van der Waals surface area contributed by atoms with Gasteiger partial charge in [-0.1, -0.05) is 17.7 Å². The average Bonchev–Trinajstić information content (AvgIpc) is 2.49. The second-order valence-corrected chi connectivity index (χ2v) is 6.66. The van der Waals surface area contributed by atoms with Crippen molar-refractivity contribution in [2.45, 2.75) is 11.8 Å². The third kappa shape index (κ3) is 3.45. The van der Waals surface area contributed by atoms with Crippen LogP contribution in [0.3, 0.4) is 0 Å². The standard InChI is InChI=1S/C15H16ClNO4S/c1-10-4-7-14(21-3)15(8-10)22(18,19)17-13-6-5-11(20-2)9-12(13)16/h4-9,17H,1-3H3. The molecule has 7 heteroatoms. The first kappa shape index (κ1) is 16.5. The summed E-state index contributed by atoms with van der Waals surface area (Å²) in [6, 6.07) is 9.63. The van der Waals surface area contributed by atoms with Crippen LogP contribution < -0.4 is 14.2 Å². The molecule has 0 fully saturated rings. The van der Waals surface area contributed by atoms with Gasteiger partial charge >= 0.3 is 0 Å². The van der Waals surface area contributed by atoms with Gasteiger partial charge in [-0.3, -0.25) is 4.72 Å². The topological polar surface area (TPSA) is 64.6 Å². The van der Waals surface area contributed by atoms with Gasteiger partial charge < -0.3 is 9.47 Å². The Kier molecular flexibility index (Phi) is 4.83. The van der Waals surface area contributed by atoms with E-state index in [0.717, 1.165) is 5.56 Å². The maximum absolute atomic E-state index is 12.6. The van der Waals surface area contributed by atoms with Gasteiger partial charge in [-0.15, -0.1) is 0 Å². The average molecular weight is 342 g/mol. The smallest absolute Gasteiger partial charge is 0.265 e. The molecule has 0 amide bonds. The van der Waals surface area contributed by atoms with E-state index in [9.17, 15) is 8.42 Å². The number of aryl methyl sites for hydroxylation is 1. The highest BCUT2D eigenvalue weighted by Gasteiger charge is 2.21. The largest absolute Gasteiger partial charge is 0.497 e. The molecule has 0 radical (unpaired) electrons. The minimum Gasteiger partial charge on any atom is -0.497 e. The minimum atomic E-state index is -3.82. The summed E-state index contributed by atoms with van der Waals surface area (Å²) in [5, 5.41) is 0.245. The summed E-state index contributed by atoms with van der Waals surface area (Å²) in [4.78, 5) is 0.0573. The van der Waals surface area contributed by atoms with Gasteiger partial charge in [0.1, 0.15) is 16.4 Å². The van der Waals surface area contributed by atoms with Crippen LogP contribution in [0.25, 0.3) is 0 Å². The van der Waals surface area contributed by atoms with Crippen LogP contribution in [0.2, 0.25) is 5.02 Å². The number of methoxy groups -OCH3 is 2. The van der Waals surface area contributed by atoms with Crippen LogP contribution in [0.5, 0.6) is 11.5 Å². The molecule has 0 saturated heterocycles. The highest BCUT2D eigenvalue weighted by Crippen LogP contribution is 2.31. The third-order valence-electron chi connectivity index (χ3n) is 3.03. The molecule has 2 aromatic carbocycles. The second kappa shape index (κ2) is 6.46. The Balaban J connectivity index is 2.42. The van der Waals surface area contributed by atoms with E-state index >= 15 is 0 Å². The van der Waals surface area contributed by atoms with Crippen LogP contribution in [0.15, 0.2) is 41.3 Å². The van der Waals surface area contributed by atoms with E-state index in [1.807, 2.05) is 0 Å². The molecule has 0 aliphatic heterocycles. The van der Waals surface area contributed by atoms with Gasteiger partial charge in [0.15, 0.2) is 0 Å². The van der Waals surface area contributed by atoms with Crippen molar-refractivity contribution < 1.29 is 17.9 Å². The van der Waals surface area contributed by atoms with Crippen molar-refractivity contribution in [2.75, 3.05) is 18.9 Å². The van der Waals surface area contributed by atoms with Crippen LogP contribution in [0.1, 0.15) is 5.56 Å². The predicted molar refractivity (Wildman–Crippen MR) is 86.5 cm³/mol. The lowest BCUT2D eigenvalue weighted by molar-refractivity contribution is 0.402. The van der Waals surface area contributed by atoms with E-state index in [1.54, 1.807) is 37.3 Å². The molecule has 0 heterocycles. The first-order valence-corrected chi connectivity index (χ1v) is 8.24. The molecule has 0 unspecified atom stereocenters. The van der Waals surface area contributed by atoms with E-state index in [-0.39, 0.29) is 21.4 Å². The van der Waals surface area contributed by atoms with E-state index < -0.39 is 10.0 Å². The van der Waals surface area contributed by atoms with Crippen LogP contribution in [0, 0.1) is 6.92 Å². The van der Waals surface area contributed by atoms with Crippen molar-refractivity contribution in [1.82, 2.24) is 0 Å². The Bertz CT molecular complexity index is 790. The number of anilines is 1. The molecule has 118 valence electrons. The SMILES string of the molecule is COc1ccc(NS(=O)(=O)c2cc(C)ccc2OC)c(Cl)c1. The van der Waals surface area contributed by atoms with Gasteiger partial charge in [0, 0.05) is 6.07 Å². The van der Waals surface area contributed by atoms with Gasteiger partial charge in [0.25, 0.3) is 10.0 Å². The number of halogens is 1. The molecule has 5 nitrogen and oxygen atoms in total. The maximum Gasteiger partial charge on any atom is 0.265 e. The van der Waals surface area contributed by atoms with Crippen molar-refractivity contribution in [3.05, 3.63) is 47.0 Å². The molecule has 0 aliphatic carbocycles. The van der Waals surface area contributed by atoms with E-state index in [1.165, 1.54) is 20.3 Å². The van der Waals surface area contributed by atoms with Crippen LogP contribution >= 0.6 is 11.6 Å². The highest BCUT2D eigenvalue weighted by molar-refractivity contribution is 7.92. The molecule has 0 bridgehead atoms. The highest BCUT2D eigenvalue weighted by atomic mass is 35.5. The van der Waals surface area contributed by atoms with E-state index in [4.69, 9.17) is 21.1 Å². The number of hydrogen-bond donors (Lipinski definition) is 1. The third-order valence-corrected chi connectivity index (χ3v) is 4.73. The Hall–Kier alpha value is -1.92. The lowest BCUT2D eigenvalue weighted by Crippen LogP contribution is -2.14. The summed E-state index contributed by atoms with van der Waals surface area (Å²) >= 11 is 6.07. The molecule has 0 aromatic heterocycles. The first-order chi connectivity index (χ1) is 10.4. The Morgan fingerprint density at radius 1 is 1.05 bits per heavy atom. The Morgan fingerprint density at radius 2 is 1.77 bits per heavy atom. The molecular formula is C15H16ClNO4S. The Labute approximate surface area is 134 Å². The number of sulfonamides is 1. The normalized spacial score (nSPS) is 11.1. The summed E-state index contributed by atoms with van der Waals surface area (Å²) in [5.74, 6) is 0.809. The molecule has 0 atom stereocenters. The molecule has 22 heavy (non-hydrogen) atoms. The number of hydrogen-bond acceptors (Lipinski definition) is 4. The number of benzene rings is 2. The van der Waals surface area contributed by atoms with Crippen LogP contribution in [0.4, 0.5) is 5.69 Å². The molecule has 2 rings (SSSR count). The summed E-state index contributed by atoms with van der Waals surface area (Å²) < 4.78 is 37.7. The minimum absolute atomic E-state index is 0.0573. The fraction of sp³-hybridized carbons (Fsp3) is 0.200. The summed E-state index contributed by atoms with van der Waals surface area (Å²) in [6.07, 6.45) is 0. The van der Waals surface area contributed by atoms with Gasteiger partial charge in [0.2, 0.25) is 0 Å². The quantitative estimate of drug-likeness (QED) is 0.904. The van der Waals surface area contributed by atoms with Crippen molar-refractivity contribution in [1.29, 1.82) is 0 Å². The number of nitrogens with one attached hydrogen (secondary N) is 1. The van der Waals surface area contributed by atoms with Crippen molar-refractivity contribution in [3.8, 4) is 11.5 Å². The predicted octanol–water partition coefficient (Wildman–Crippen LogP) is 3.47. The van der Waals surface area contributed by atoms with Crippen LogP contribution in [-0.4, -0.2) is 22.6 Å². The van der Waals surface area contributed by atoms with Crippen molar-refractivity contribution in [3.63, 3.8) is 0 Å². The van der Waals surface area contributed by atoms with Gasteiger partial charge in [0.05, 0.1) is 24.9 Å². The monoisotopic (exact) mass is 341 g/mol. The van der Waals surface area contributed by atoms with Crippen LogP contribution in [-0.2, 0) is 10.0 Å². The molecule has 0 aliphatic rings. The zero-order valence-electron chi connectivity index (χ0n) is 12.4. The fourth-order valence-electron chi connectivity index (χ4n) is 1.90. The molecule has 1 N–H and O–H groups in total. The lowest BCUT2D eigenvalue weighted by atomic mass is 10.2. The first-order valence-electron chi connectivity index (χ1n) is 6.38. The van der Waals surface area contributed by atoms with E-state index in [2.05, 4.69) is 4.72 Å². The number of ether oxygens (including phenoxy) is 2. The summed E-state index contributed by atoms with van der Waals surface area (Å²) in [5.41, 5.74) is 1.08. The Morgan fingerprint density at radius 3 is 2.36 bits per heavy atom. The summed E-state index contributed by atoms with van der Waals surface area (Å²) in [6.45, 7) is 1.80. The molecule has 0 spiro atoms. The van der Waals surface area contributed by atoms with Crippen molar-refractivity contribution in [2.24, 2.45) is 0 Å².